The Bertz CT molecular complexity index is 180. The van der Waals surface area contributed by atoms with Gasteiger partial charge in [0.15, 0.2) is 0 Å². The maximum atomic E-state index is 2.41. The van der Waals surface area contributed by atoms with Gasteiger partial charge >= 0.3 is 0 Å². The summed E-state index contributed by atoms with van der Waals surface area (Å²) in [7, 11) is 2.21. The molecule has 0 atom stereocenters. The van der Waals surface area contributed by atoms with Crippen molar-refractivity contribution in [1.82, 2.24) is 4.90 Å². The summed E-state index contributed by atoms with van der Waals surface area (Å²) in [6.07, 6.45) is 7.01. The fourth-order valence-corrected chi connectivity index (χ4v) is 1.56. The van der Waals surface area contributed by atoms with Gasteiger partial charge in [-0.3, -0.25) is 0 Å². The van der Waals surface area contributed by atoms with E-state index >= 15 is 0 Å². The Labute approximate surface area is 98.0 Å². The van der Waals surface area contributed by atoms with Crippen molar-refractivity contribution in [3.8, 4) is 0 Å². The van der Waals surface area contributed by atoms with Gasteiger partial charge in [0.2, 0.25) is 0 Å². The third kappa shape index (κ3) is 11.6. The average Bonchev–Trinajstić information content (AvgIpc) is 1.99. The van der Waals surface area contributed by atoms with E-state index in [4.69, 9.17) is 0 Å². The Morgan fingerprint density at radius 1 is 1.20 bits per heavy atom. The SMILES string of the molecule is CC(C)CN(C)CC/C=C/CC(C)(C)C.[HH]. The summed E-state index contributed by atoms with van der Waals surface area (Å²) in [5.74, 6) is 0.772. The van der Waals surface area contributed by atoms with Gasteiger partial charge in [0.1, 0.15) is 0 Å². The van der Waals surface area contributed by atoms with Gasteiger partial charge in [-0.1, -0.05) is 46.8 Å². The zero-order valence-electron chi connectivity index (χ0n) is 11.5. The zero-order valence-corrected chi connectivity index (χ0v) is 11.5. The van der Waals surface area contributed by atoms with E-state index in [-0.39, 0.29) is 1.43 Å². The molecular formula is C14H31N. The van der Waals surface area contributed by atoms with E-state index in [0.717, 1.165) is 5.92 Å². The maximum absolute atomic E-state index is 2.41. The van der Waals surface area contributed by atoms with Crippen molar-refractivity contribution in [2.45, 2.75) is 47.5 Å². The van der Waals surface area contributed by atoms with Gasteiger partial charge in [-0.05, 0) is 31.2 Å². The van der Waals surface area contributed by atoms with Crippen molar-refractivity contribution in [1.29, 1.82) is 0 Å². The summed E-state index contributed by atoms with van der Waals surface area (Å²) < 4.78 is 0. The molecule has 0 saturated heterocycles. The summed E-state index contributed by atoms with van der Waals surface area (Å²) in [5.41, 5.74) is 0.431. The molecule has 0 unspecified atom stereocenters. The average molecular weight is 213 g/mol. The lowest BCUT2D eigenvalue weighted by molar-refractivity contribution is 0.301. The van der Waals surface area contributed by atoms with Crippen LogP contribution >= 0.6 is 0 Å². The topological polar surface area (TPSA) is 3.24 Å². The molecular weight excluding hydrogens is 182 g/mol. The molecule has 0 N–H and O–H groups in total. The van der Waals surface area contributed by atoms with Crippen LogP contribution < -0.4 is 0 Å². The normalized spacial score (nSPS) is 13.3. The molecule has 0 aromatic heterocycles. The van der Waals surface area contributed by atoms with Crippen molar-refractivity contribution in [2.75, 3.05) is 20.1 Å². The molecule has 15 heavy (non-hydrogen) atoms. The lowest BCUT2D eigenvalue weighted by atomic mass is 9.92. The van der Waals surface area contributed by atoms with Crippen LogP contribution in [0.3, 0.4) is 0 Å². The van der Waals surface area contributed by atoms with E-state index < -0.39 is 0 Å². The minimum atomic E-state index is 0. The third-order valence-electron chi connectivity index (χ3n) is 2.25. The summed E-state index contributed by atoms with van der Waals surface area (Å²) in [5, 5.41) is 0. The number of hydrogen-bond acceptors (Lipinski definition) is 1. The minimum Gasteiger partial charge on any atom is -0.306 e. The van der Waals surface area contributed by atoms with Gasteiger partial charge in [-0.15, -0.1) is 0 Å². The molecule has 0 aromatic carbocycles. The first-order valence-corrected chi connectivity index (χ1v) is 6.15. The molecule has 0 bridgehead atoms. The van der Waals surface area contributed by atoms with Crippen molar-refractivity contribution in [2.24, 2.45) is 11.3 Å². The van der Waals surface area contributed by atoms with Crippen LogP contribution in [0.1, 0.15) is 48.9 Å². The van der Waals surface area contributed by atoms with Crippen molar-refractivity contribution < 1.29 is 1.43 Å². The van der Waals surface area contributed by atoms with Crippen LogP contribution in [0.4, 0.5) is 0 Å². The van der Waals surface area contributed by atoms with Crippen LogP contribution in [0.2, 0.25) is 0 Å². The van der Waals surface area contributed by atoms with Crippen LogP contribution in [0.25, 0.3) is 0 Å². The van der Waals surface area contributed by atoms with Crippen LogP contribution in [0.5, 0.6) is 0 Å². The highest BCUT2D eigenvalue weighted by atomic mass is 15.1. The van der Waals surface area contributed by atoms with E-state index in [9.17, 15) is 0 Å². The second kappa shape index (κ2) is 7.05. The highest BCUT2D eigenvalue weighted by molar-refractivity contribution is 4.86. The standard InChI is InChI=1S/C14H29N.H2/c1-13(2)12-15(6)11-9-7-8-10-14(3,4)5;/h7-8,13H,9-12H2,1-6H3;1H/b8-7+;. The quantitative estimate of drug-likeness (QED) is 0.598. The van der Waals surface area contributed by atoms with Crippen molar-refractivity contribution >= 4 is 0 Å². The number of allylic oxidation sites excluding steroid dienone is 1. The van der Waals surface area contributed by atoms with Gasteiger partial charge in [0.25, 0.3) is 0 Å². The monoisotopic (exact) mass is 213 g/mol. The zero-order chi connectivity index (χ0) is 11.9. The van der Waals surface area contributed by atoms with E-state index in [1.165, 1.54) is 25.9 Å². The Morgan fingerprint density at radius 2 is 1.80 bits per heavy atom. The predicted octanol–water partition coefficient (Wildman–Crippen LogP) is 4.20. The molecule has 0 radical (unpaired) electrons. The fraction of sp³-hybridized carbons (Fsp3) is 0.857. The smallest absolute Gasteiger partial charge is 0.00130 e. The molecule has 0 spiro atoms. The molecule has 92 valence electrons. The van der Waals surface area contributed by atoms with Crippen molar-refractivity contribution in [3.05, 3.63) is 12.2 Å². The molecule has 1 heteroatoms. The Kier molecular flexibility index (Phi) is 6.91. The molecule has 0 aromatic rings. The number of rotatable bonds is 6. The fourth-order valence-electron chi connectivity index (χ4n) is 1.56. The van der Waals surface area contributed by atoms with Gasteiger partial charge in [-0.2, -0.15) is 0 Å². The molecule has 0 fully saturated rings. The molecule has 0 aliphatic heterocycles. The van der Waals surface area contributed by atoms with E-state index in [0.29, 0.717) is 5.41 Å². The van der Waals surface area contributed by atoms with Gasteiger partial charge in [0.05, 0.1) is 0 Å². The van der Waals surface area contributed by atoms with Gasteiger partial charge < -0.3 is 4.90 Å². The van der Waals surface area contributed by atoms with E-state index in [1.807, 2.05) is 0 Å². The molecule has 0 aliphatic rings. The first kappa shape index (κ1) is 14.7. The first-order valence-electron chi connectivity index (χ1n) is 6.15. The summed E-state index contributed by atoms with van der Waals surface area (Å²) in [6.45, 7) is 13.8. The molecule has 0 aliphatic carbocycles. The van der Waals surface area contributed by atoms with E-state index in [1.54, 1.807) is 0 Å². The van der Waals surface area contributed by atoms with Crippen LogP contribution in [-0.2, 0) is 0 Å². The summed E-state index contributed by atoms with van der Waals surface area (Å²) in [6, 6.07) is 0. The number of hydrogen-bond donors (Lipinski definition) is 0. The molecule has 0 heterocycles. The van der Waals surface area contributed by atoms with Crippen LogP contribution in [0, 0.1) is 11.3 Å². The highest BCUT2D eigenvalue weighted by Gasteiger charge is 2.06. The molecule has 1 nitrogen and oxygen atoms in total. The Morgan fingerprint density at radius 3 is 2.27 bits per heavy atom. The lowest BCUT2D eigenvalue weighted by Gasteiger charge is -2.18. The Hall–Kier alpha value is -0.300. The molecule has 0 rings (SSSR count). The summed E-state index contributed by atoms with van der Waals surface area (Å²) >= 11 is 0. The summed E-state index contributed by atoms with van der Waals surface area (Å²) in [4.78, 5) is 2.41. The largest absolute Gasteiger partial charge is 0.306 e. The lowest BCUT2D eigenvalue weighted by Crippen LogP contribution is -2.23. The molecule has 0 saturated carbocycles. The maximum Gasteiger partial charge on any atom is 0.00130 e. The van der Waals surface area contributed by atoms with E-state index in [2.05, 4.69) is 58.7 Å². The second-order valence-corrected chi connectivity index (χ2v) is 6.18. The Balaban J connectivity index is 0. The van der Waals surface area contributed by atoms with Gasteiger partial charge in [0, 0.05) is 14.5 Å². The second-order valence-electron chi connectivity index (χ2n) is 6.18. The number of nitrogens with zero attached hydrogens (tertiary/aromatic N) is 1. The minimum absolute atomic E-state index is 0. The predicted molar refractivity (Wildman–Crippen MR) is 72.3 cm³/mol. The van der Waals surface area contributed by atoms with Crippen LogP contribution in [0.15, 0.2) is 12.2 Å². The van der Waals surface area contributed by atoms with Crippen LogP contribution in [-0.4, -0.2) is 25.0 Å². The third-order valence-corrected chi connectivity index (χ3v) is 2.25. The van der Waals surface area contributed by atoms with Gasteiger partial charge in [-0.25, -0.2) is 0 Å². The highest BCUT2D eigenvalue weighted by Crippen LogP contribution is 2.18. The van der Waals surface area contributed by atoms with Crippen molar-refractivity contribution in [3.63, 3.8) is 0 Å². The molecule has 0 amide bonds. The first-order chi connectivity index (χ1) is 6.81.